The number of nitrogens with zero attached hydrogens (tertiary/aromatic N) is 4. The zero-order chi connectivity index (χ0) is 18.8. The average molecular weight is 378 g/mol. The highest BCUT2D eigenvalue weighted by Crippen LogP contribution is 2.20. The predicted molar refractivity (Wildman–Crippen MR) is 103 cm³/mol. The Labute approximate surface area is 158 Å². The summed E-state index contributed by atoms with van der Waals surface area (Å²) in [7, 11) is 1.62. The summed E-state index contributed by atoms with van der Waals surface area (Å²) in [5, 5.41) is 15.4. The van der Waals surface area contributed by atoms with Gasteiger partial charge in [0.2, 0.25) is 11.1 Å². The van der Waals surface area contributed by atoms with Crippen molar-refractivity contribution in [1.82, 2.24) is 25.5 Å². The van der Waals surface area contributed by atoms with E-state index in [1.165, 1.54) is 31.0 Å². The molecule has 1 heterocycles. The summed E-state index contributed by atoms with van der Waals surface area (Å²) in [6, 6.07) is 7.63. The van der Waals surface area contributed by atoms with Crippen LogP contribution in [0.2, 0.25) is 0 Å². The summed E-state index contributed by atoms with van der Waals surface area (Å²) >= 11 is 1.32. The van der Waals surface area contributed by atoms with Gasteiger partial charge < -0.3 is 10.1 Å². The Bertz CT molecular complexity index is 674. The molecule has 2 rings (SSSR count). The Morgan fingerprint density at radius 3 is 2.73 bits per heavy atom. The standard InChI is InChI=1S/C18H27N5O2S/c1-4-5-6-7-8-14(2)19-17(24)13-26-18-20-21-22-23(18)15-9-11-16(25-3)12-10-15/h9-12,14H,4-8,13H2,1-3H3,(H,19,24)/t14-/m1/s1. The van der Waals surface area contributed by atoms with Crippen molar-refractivity contribution in [2.24, 2.45) is 0 Å². The number of carbonyl (C=O) groups excluding carboxylic acids is 1. The SMILES string of the molecule is CCCCCC[C@@H](C)NC(=O)CSc1nnnn1-c1ccc(OC)cc1. The number of hydrogen-bond donors (Lipinski definition) is 1. The quantitative estimate of drug-likeness (QED) is 0.478. The number of benzene rings is 1. The molecule has 0 fully saturated rings. The lowest BCUT2D eigenvalue weighted by molar-refractivity contribution is -0.119. The Hall–Kier alpha value is -2.09. The average Bonchev–Trinajstić information content (AvgIpc) is 3.12. The minimum absolute atomic E-state index is 0.00210. The van der Waals surface area contributed by atoms with Crippen LogP contribution in [0.5, 0.6) is 5.75 Å². The van der Waals surface area contributed by atoms with Gasteiger partial charge in [0.15, 0.2) is 0 Å². The van der Waals surface area contributed by atoms with Crippen LogP contribution in [0, 0.1) is 0 Å². The predicted octanol–water partition coefficient (Wildman–Crippen LogP) is 3.24. The maximum Gasteiger partial charge on any atom is 0.230 e. The number of rotatable bonds is 11. The Morgan fingerprint density at radius 1 is 1.27 bits per heavy atom. The van der Waals surface area contributed by atoms with Gasteiger partial charge in [0.1, 0.15) is 5.75 Å². The summed E-state index contributed by atoms with van der Waals surface area (Å²) < 4.78 is 6.77. The third-order valence-corrected chi connectivity index (χ3v) is 4.91. The lowest BCUT2D eigenvalue weighted by Gasteiger charge is -2.13. The van der Waals surface area contributed by atoms with Crippen LogP contribution < -0.4 is 10.1 Å². The minimum atomic E-state index is 0.00210. The Kier molecular flexibility index (Phi) is 8.40. The van der Waals surface area contributed by atoms with E-state index in [4.69, 9.17) is 4.74 Å². The van der Waals surface area contributed by atoms with Crippen molar-refractivity contribution in [3.8, 4) is 11.4 Å². The number of thioether (sulfide) groups is 1. The van der Waals surface area contributed by atoms with E-state index >= 15 is 0 Å². The third kappa shape index (κ3) is 6.33. The van der Waals surface area contributed by atoms with E-state index in [1.54, 1.807) is 11.8 Å². The normalized spacial score (nSPS) is 12.0. The largest absolute Gasteiger partial charge is 0.497 e. The summed E-state index contributed by atoms with van der Waals surface area (Å²) in [4.78, 5) is 12.1. The number of carbonyl (C=O) groups is 1. The number of methoxy groups -OCH3 is 1. The molecule has 0 radical (unpaired) electrons. The van der Waals surface area contributed by atoms with Crippen molar-refractivity contribution >= 4 is 17.7 Å². The maximum absolute atomic E-state index is 12.1. The molecule has 1 amide bonds. The molecule has 2 aromatic rings. The molecule has 0 unspecified atom stereocenters. The number of amides is 1. The van der Waals surface area contributed by atoms with Crippen molar-refractivity contribution in [2.75, 3.05) is 12.9 Å². The second-order valence-electron chi connectivity index (χ2n) is 6.18. The molecule has 0 aliphatic heterocycles. The van der Waals surface area contributed by atoms with Crippen molar-refractivity contribution in [1.29, 1.82) is 0 Å². The minimum Gasteiger partial charge on any atom is -0.497 e. The second-order valence-corrected chi connectivity index (χ2v) is 7.12. The molecule has 1 aromatic carbocycles. The van der Waals surface area contributed by atoms with Crippen LogP contribution >= 0.6 is 11.8 Å². The van der Waals surface area contributed by atoms with Gasteiger partial charge in [0, 0.05) is 6.04 Å². The molecule has 1 N–H and O–H groups in total. The van der Waals surface area contributed by atoms with Crippen LogP contribution in [-0.2, 0) is 4.79 Å². The summed E-state index contributed by atoms with van der Waals surface area (Å²) in [5.74, 6) is 1.06. The molecule has 26 heavy (non-hydrogen) atoms. The van der Waals surface area contributed by atoms with Crippen molar-refractivity contribution in [3.05, 3.63) is 24.3 Å². The molecule has 142 valence electrons. The zero-order valence-electron chi connectivity index (χ0n) is 15.6. The smallest absolute Gasteiger partial charge is 0.230 e. The second kappa shape index (κ2) is 10.8. The van der Waals surface area contributed by atoms with Gasteiger partial charge in [0.25, 0.3) is 0 Å². The molecule has 0 bridgehead atoms. The van der Waals surface area contributed by atoms with E-state index in [0.29, 0.717) is 5.16 Å². The fourth-order valence-electron chi connectivity index (χ4n) is 2.55. The van der Waals surface area contributed by atoms with E-state index in [2.05, 4.69) is 34.7 Å². The van der Waals surface area contributed by atoms with Crippen molar-refractivity contribution < 1.29 is 9.53 Å². The van der Waals surface area contributed by atoms with E-state index in [-0.39, 0.29) is 17.7 Å². The molecule has 0 saturated carbocycles. The van der Waals surface area contributed by atoms with Gasteiger partial charge >= 0.3 is 0 Å². The van der Waals surface area contributed by atoms with Crippen molar-refractivity contribution in [2.45, 2.75) is 57.1 Å². The molecule has 0 spiro atoms. The van der Waals surface area contributed by atoms with Crippen LogP contribution in [0.3, 0.4) is 0 Å². The first-order chi connectivity index (χ1) is 12.6. The number of ether oxygens (including phenoxy) is 1. The van der Waals surface area contributed by atoms with Crippen LogP contribution in [0.15, 0.2) is 29.4 Å². The first-order valence-corrected chi connectivity index (χ1v) is 9.97. The van der Waals surface area contributed by atoms with E-state index in [1.807, 2.05) is 24.3 Å². The molecule has 1 aromatic heterocycles. The van der Waals surface area contributed by atoms with Crippen LogP contribution in [0.1, 0.15) is 46.0 Å². The Balaban J connectivity index is 1.82. The van der Waals surface area contributed by atoms with Crippen molar-refractivity contribution in [3.63, 3.8) is 0 Å². The van der Waals surface area contributed by atoms with E-state index in [9.17, 15) is 4.79 Å². The van der Waals surface area contributed by atoms with Crippen LogP contribution in [-0.4, -0.2) is 45.0 Å². The lowest BCUT2D eigenvalue weighted by atomic mass is 10.1. The van der Waals surface area contributed by atoms with Crippen LogP contribution in [0.25, 0.3) is 5.69 Å². The number of hydrogen-bond acceptors (Lipinski definition) is 6. The van der Waals surface area contributed by atoms with Crippen LogP contribution in [0.4, 0.5) is 0 Å². The van der Waals surface area contributed by atoms with Gasteiger partial charge in [-0.2, -0.15) is 4.68 Å². The fourth-order valence-corrected chi connectivity index (χ4v) is 3.25. The van der Waals surface area contributed by atoms with E-state index in [0.717, 1.165) is 24.3 Å². The van der Waals surface area contributed by atoms with Gasteiger partial charge in [-0.15, -0.1) is 5.10 Å². The first-order valence-electron chi connectivity index (χ1n) is 8.99. The number of nitrogens with one attached hydrogen (secondary N) is 1. The lowest BCUT2D eigenvalue weighted by Crippen LogP contribution is -2.33. The van der Waals surface area contributed by atoms with Gasteiger partial charge in [-0.1, -0.05) is 44.4 Å². The summed E-state index contributed by atoms with van der Waals surface area (Å²) in [6.07, 6.45) is 5.87. The van der Waals surface area contributed by atoms with E-state index < -0.39 is 0 Å². The molecule has 7 nitrogen and oxygen atoms in total. The molecule has 0 aliphatic rings. The molecule has 0 saturated heterocycles. The fraction of sp³-hybridized carbons (Fsp3) is 0.556. The number of tetrazole rings is 1. The monoisotopic (exact) mass is 377 g/mol. The van der Waals surface area contributed by atoms with Gasteiger partial charge in [-0.3, -0.25) is 4.79 Å². The number of aromatic nitrogens is 4. The highest BCUT2D eigenvalue weighted by atomic mass is 32.2. The molecule has 0 aliphatic carbocycles. The number of unbranched alkanes of at least 4 members (excludes halogenated alkanes) is 3. The van der Waals surface area contributed by atoms with Gasteiger partial charge in [-0.05, 0) is 48.0 Å². The third-order valence-electron chi connectivity index (χ3n) is 3.99. The molecular weight excluding hydrogens is 350 g/mol. The highest BCUT2D eigenvalue weighted by Gasteiger charge is 2.13. The first kappa shape index (κ1) is 20.2. The maximum atomic E-state index is 12.1. The molecule has 1 atom stereocenters. The topological polar surface area (TPSA) is 81.9 Å². The Morgan fingerprint density at radius 2 is 2.04 bits per heavy atom. The summed E-state index contributed by atoms with van der Waals surface area (Å²) in [6.45, 7) is 4.25. The van der Waals surface area contributed by atoms with Gasteiger partial charge in [-0.25, -0.2) is 0 Å². The zero-order valence-corrected chi connectivity index (χ0v) is 16.5. The summed E-state index contributed by atoms with van der Waals surface area (Å²) in [5.41, 5.74) is 0.822. The highest BCUT2D eigenvalue weighted by molar-refractivity contribution is 7.99. The molecule has 8 heteroatoms. The van der Waals surface area contributed by atoms with Gasteiger partial charge in [0.05, 0.1) is 18.6 Å². The molecular formula is C18H27N5O2S.